The molecule has 1 spiro atoms. The summed E-state index contributed by atoms with van der Waals surface area (Å²) >= 11 is 1.90. The van der Waals surface area contributed by atoms with Crippen LogP contribution in [0.5, 0.6) is 0 Å². The molecule has 0 aromatic rings. The van der Waals surface area contributed by atoms with Gasteiger partial charge >= 0.3 is 6.18 Å². The minimum absolute atomic E-state index is 0.0235. The second-order valence-corrected chi connectivity index (χ2v) is 6.92. The van der Waals surface area contributed by atoms with E-state index in [1.165, 1.54) is 0 Å². The molecule has 2 saturated heterocycles. The van der Waals surface area contributed by atoms with Crippen molar-refractivity contribution in [2.45, 2.75) is 43.5 Å². The zero-order valence-corrected chi connectivity index (χ0v) is 12.8. The van der Waals surface area contributed by atoms with Crippen molar-refractivity contribution in [1.29, 1.82) is 0 Å². The molecule has 3 unspecified atom stereocenters. The lowest BCUT2D eigenvalue weighted by Gasteiger charge is -2.40. The molecule has 8 heteroatoms. The summed E-state index contributed by atoms with van der Waals surface area (Å²) in [4.78, 5) is 0. The van der Waals surface area contributed by atoms with Crippen LogP contribution in [0.25, 0.3) is 0 Å². The van der Waals surface area contributed by atoms with Crippen molar-refractivity contribution < 1.29 is 22.6 Å². The largest absolute Gasteiger partial charge is 0.411 e. The summed E-state index contributed by atoms with van der Waals surface area (Å²) in [6, 6.07) is -0.0235. The maximum Gasteiger partial charge on any atom is 0.411 e. The first-order valence-electron chi connectivity index (χ1n) is 7.26. The monoisotopic (exact) mass is 328 g/mol. The van der Waals surface area contributed by atoms with Gasteiger partial charge in [0.25, 0.3) is 0 Å². The molecule has 0 bridgehead atoms. The van der Waals surface area contributed by atoms with Gasteiger partial charge in [0.1, 0.15) is 6.61 Å². The Labute approximate surface area is 127 Å². The topological polar surface area (TPSA) is 56.5 Å². The number of rotatable bonds is 6. The van der Waals surface area contributed by atoms with Crippen LogP contribution in [0.4, 0.5) is 13.2 Å². The summed E-state index contributed by atoms with van der Waals surface area (Å²) in [7, 11) is 0. The number of hydrogen-bond acceptors (Lipinski definition) is 5. The standard InChI is InChI=1S/C13H23F3N2O2S/c14-13(15,16)8-19-4-2-11(18-17)10-1-5-20-12(7-10)3-6-21-9-12/h10-11,18H,1-9,17H2. The van der Waals surface area contributed by atoms with Gasteiger partial charge in [-0.15, -0.1) is 0 Å². The van der Waals surface area contributed by atoms with E-state index in [1.54, 1.807) is 0 Å². The first-order valence-corrected chi connectivity index (χ1v) is 8.42. The Morgan fingerprint density at radius 2 is 2.29 bits per heavy atom. The molecular weight excluding hydrogens is 305 g/mol. The Morgan fingerprint density at radius 1 is 1.48 bits per heavy atom. The molecule has 4 nitrogen and oxygen atoms in total. The van der Waals surface area contributed by atoms with Gasteiger partial charge in [0.05, 0.1) is 5.60 Å². The van der Waals surface area contributed by atoms with Gasteiger partial charge in [-0.25, -0.2) is 0 Å². The molecule has 2 fully saturated rings. The molecule has 0 radical (unpaired) electrons. The fourth-order valence-electron chi connectivity index (χ4n) is 3.13. The van der Waals surface area contributed by atoms with Crippen LogP contribution in [-0.4, -0.2) is 49.1 Å². The first-order chi connectivity index (χ1) is 9.94. The fraction of sp³-hybridized carbons (Fsp3) is 1.00. The normalized spacial score (nSPS) is 31.7. The molecule has 0 aromatic carbocycles. The minimum Gasteiger partial charge on any atom is -0.374 e. The zero-order valence-electron chi connectivity index (χ0n) is 12.0. The number of nitrogens with one attached hydrogen (secondary N) is 1. The third-order valence-corrected chi connectivity index (χ3v) is 5.44. The van der Waals surface area contributed by atoms with Crippen molar-refractivity contribution in [2.75, 3.05) is 31.3 Å². The van der Waals surface area contributed by atoms with E-state index >= 15 is 0 Å². The highest BCUT2D eigenvalue weighted by molar-refractivity contribution is 7.99. The third-order valence-electron chi connectivity index (χ3n) is 4.22. The van der Waals surface area contributed by atoms with Gasteiger partial charge in [-0.05, 0) is 37.4 Å². The van der Waals surface area contributed by atoms with E-state index in [1.807, 2.05) is 11.8 Å². The van der Waals surface area contributed by atoms with Crippen LogP contribution in [0, 0.1) is 5.92 Å². The van der Waals surface area contributed by atoms with E-state index in [4.69, 9.17) is 10.6 Å². The van der Waals surface area contributed by atoms with Crippen LogP contribution in [0.1, 0.15) is 25.7 Å². The summed E-state index contributed by atoms with van der Waals surface area (Å²) in [6.45, 7) is -0.432. The average molecular weight is 328 g/mol. The minimum atomic E-state index is -4.27. The maximum absolute atomic E-state index is 12.0. The van der Waals surface area contributed by atoms with E-state index in [0.29, 0.717) is 18.9 Å². The number of hydrazine groups is 1. The Balaban J connectivity index is 1.77. The van der Waals surface area contributed by atoms with Crippen LogP contribution >= 0.6 is 11.8 Å². The SMILES string of the molecule is NNC(CCOCC(F)(F)F)C1CCOC2(CCSC2)C1. The number of thioether (sulfide) groups is 1. The maximum atomic E-state index is 12.0. The molecule has 3 N–H and O–H groups in total. The summed E-state index contributed by atoms with van der Waals surface area (Å²) in [5.41, 5.74) is 2.71. The van der Waals surface area contributed by atoms with E-state index in [0.717, 1.165) is 30.8 Å². The molecule has 2 aliphatic heterocycles. The first kappa shape index (κ1) is 17.3. The average Bonchev–Trinajstić information content (AvgIpc) is 2.85. The van der Waals surface area contributed by atoms with Crippen molar-refractivity contribution in [2.24, 2.45) is 11.8 Å². The van der Waals surface area contributed by atoms with Crippen molar-refractivity contribution in [3.05, 3.63) is 0 Å². The Hall–Kier alpha value is -0.0200. The molecule has 0 aromatic heterocycles. The highest BCUT2D eigenvalue weighted by Crippen LogP contribution is 2.41. The van der Waals surface area contributed by atoms with Crippen molar-refractivity contribution in [3.63, 3.8) is 0 Å². The van der Waals surface area contributed by atoms with Gasteiger partial charge in [-0.3, -0.25) is 11.3 Å². The van der Waals surface area contributed by atoms with Gasteiger partial charge < -0.3 is 9.47 Å². The number of hydrogen-bond donors (Lipinski definition) is 2. The van der Waals surface area contributed by atoms with Crippen LogP contribution in [-0.2, 0) is 9.47 Å². The second-order valence-electron chi connectivity index (χ2n) is 5.82. The van der Waals surface area contributed by atoms with Gasteiger partial charge in [-0.1, -0.05) is 0 Å². The van der Waals surface area contributed by atoms with Crippen molar-refractivity contribution in [1.82, 2.24) is 5.43 Å². The molecule has 21 heavy (non-hydrogen) atoms. The Morgan fingerprint density at radius 3 is 2.90 bits per heavy atom. The lowest BCUT2D eigenvalue weighted by atomic mass is 9.80. The molecular formula is C13H23F3N2O2S. The second kappa shape index (κ2) is 7.50. The van der Waals surface area contributed by atoms with Gasteiger partial charge in [0, 0.05) is 25.0 Å². The van der Waals surface area contributed by atoms with E-state index in [-0.39, 0.29) is 18.2 Å². The number of nitrogens with two attached hydrogens (primary N) is 1. The van der Waals surface area contributed by atoms with Crippen LogP contribution < -0.4 is 11.3 Å². The van der Waals surface area contributed by atoms with E-state index in [9.17, 15) is 13.2 Å². The predicted octanol–water partition coefficient (Wildman–Crippen LogP) is 2.09. The van der Waals surface area contributed by atoms with E-state index in [2.05, 4.69) is 10.2 Å². The number of halogens is 3. The van der Waals surface area contributed by atoms with Crippen LogP contribution in [0.2, 0.25) is 0 Å². The molecule has 2 aliphatic rings. The zero-order chi connectivity index (χ0) is 15.3. The molecule has 2 heterocycles. The highest BCUT2D eigenvalue weighted by atomic mass is 32.2. The lowest BCUT2D eigenvalue weighted by Crippen LogP contribution is -2.49. The molecule has 124 valence electrons. The Bertz CT molecular complexity index is 325. The number of ether oxygens (including phenoxy) is 2. The molecule has 0 amide bonds. The van der Waals surface area contributed by atoms with Gasteiger partial charge in [0.2, 0.25) is 0 Å². The van der Waals surface area contributed by atoms with Crippen molar-refractivity contribution in [3.8, 4) is 0 Å². The molecule has 0 saturated carbocycles. The summed E-state index contributed by atoms with van der Waals surface area (Å²) in [5, 5.41) is 0. The van der Waals surface area contributed by atoms with Crippen molar-refractivity contribution >= 4 is 11.8 Å². The van der Waals surface area contributed by atoms with Crippen LogP contribution in [0.15, 0.2) is 0 Å². The van der Waals surface area contributed by atoms with Gasteiger partial charge in [-0.2, -0.15) is 24.9 Å². The Kier molecular flexibility index (Phi) is 6.19. The summed E-state index contributed by atoms with van der Waals surface area (Å²) in [5.74, 6) is 8.03. The van der Waals surface area contributed by atoms with Crippen LogP contribution in [0.3, 0.4) is 0 Å². The molecule has 2 rings (SSSR count). The molecule has 3 atom stereocenters. The highest BCUT2D eigenvalue weighted by Gasteiger charge is 2.42. The number of alkyl halides is 3. The van der Waals surface area contributed by atoms with Gasteiger partial charge in [0.15, 0.2) is 0 Å². The lowest BCUT2D eigenvalue weighted by molar-refractivity contribution is -0.174. The third kappa shape index (κ3) is 5.28. The summed E-state index contributed by atoms with van der Waals surface area (Å²) < 4.78 is 46.7. The smallest absolute Gasteiger partial charge is 0.374 e. The van der Waals surface area contributed by atoms with E-state index < -0.39 is 12.8 Å². The molecule has 0 aliphatic carbocycles. The predicted molar refractivity (Wildman–Crippen MR) is 76.0 cm³/mol. The quantitative estimate of drug-likeness (QED) is 0.444. The summed E-state index contributed by atoms with van der Waals surface area (Å²) in [6.07, 6.45) is -0.916. The fourth-order valence-corrected chi connectivity index (χ4v) is 4.50.